The van der Waals surface area contributed by atoms with Gasteiger partial charge in [-0.05, 0) is 6.07 Å². The molecule has 3 atom stereocenters. The summed E-state index contributed by atoms with van der Waals surface area (Å²) in [5.74, 6) is -1.09. The van der Waals surface area contributed by atoms with Crippen molar-refractivity contribution >= 4 is 13.8 Å². The van der Waals surface area contributed by atoms with E-state index in [0.29, 0.717) is 0 Å². The van der Waals surface area contributed by atoms with Crippen LogP contribution in [0.4, 0.5) is 0 Å². The maximum Gasteiger partial charge on any atom is 0.469 e. The third-order valence-corrected chi connectivity index (χ3v) is 3.50. The lowest BCUT2D eigenvalue weighted by molar-refractivity contribution is -0.759. The minimum atomic E-state index is -4.63. The summed E-state index contributed by atoms with van der Waals surface area (Å²) in [6.45, 7) is -0.457. The summed E-state index contributed by atoms with van der Waals surface area (Å²) in [5.41, 5.74) is 0.0607. The number of carboxylic acids is 1. The fourth-order valence-electron chi connectivity index (χ4n) is 2.02. The van der Waals surface area contributed by atoms with Gasteiger partial charge in [-0.15, -0.1) is 0 Å². The van der Waals surface area contributed by atoms with Gasteiger partial charge in [0, 0.05) is 6.07 Å². The van der Waals surface area contributed by atoms with Crippen LogP contribution >= 0.6 is 7.82 Å². The van der Waals surface area contributed by atoms with Crippen LogP contribution in [0.15, 0.2) is 24.5 Å². The number of aliphatic hydroxyl groups is 1. The van der Waals surface area contributed by atoms with Gasteiger partial charge in [0.05, 0.1) is 19.1 Å². The summed E-state index contributed by atoms with van der Waals surface area (Å²) in [6.07, 6.45) is 0.584. The Hall–Kier alpha value is -1.35. The maximum atomic E-state index is 10.9. The van der Waals surface area contributed by atoms with Crippen molar-refractivity contribution < 1.29 is 43.2 Å². The maximum absolute atomic E-state index is 10.9. The fourth-order valence-corrected chi connectivity index (χ4v) is 2.36. The summed E-state index contributed by atoms with van der Waals surface area (Å²) in [5, 5.41) is 18.7. The molecule has 0 amide bonds. The molecule has 21 heavy (non-hydrogen) atoms. The number of hydrogen-bond acceptors (Lipinski definition) is 5. The number of rotatable bonds is 5. The number of carboxylic acid groups (broad SMARTS) is 1. The number of phosphoric ester groups is 1. The Labute approximate surface area is 119 Å². The van der Waals surface area contributed by atoms with Crippen LogP contribution in [0.5, 0.6) is 0 Å². The van der Waals surface area contributed by atoms with Crippen LogP contribution in [0.2, 0.25) is 0 Å². The zero-order valence-electron chi connectivity index (χ0n) is 10.8. The van der Waals surface area contributed by atoms with Gasteiger partial charge in [0.25, 0.3) is 6.23 Å². The molecule has 1 aliphatic heterocycles. The molecule has 1 fully saturated rings. The number of hydrogen-bond donors (Lipinski definition) is 4. The lowest BCUT2D eigenvalue weighted by Crippen LogP contribution is -2.39. The van der Waals surface area contributed by atoms with Gasteiger partial charge in [-0.2, -0.15) is 4.57 Å². The van der Waals surface area contributed by atoms with Gasteiger partial charge in [0.15, 0.2) is 12.4 Å². The van der Waals surface area contributed by atoms with Crippen molar-refractivity contribution in [2.75, 3.05) is 6.61 Å². The molecule has 2 rings (SSSR count). The molecule has 0 aliphatic carbocycles. The monoisotopic (exact) mass is 320 g/mol. The highest BCUT2D eigenvalue weighted by Crippen LogP contribution is 2.37. The van der Waals surface area contributed by atoms with E-state index >= 15 is 0 Å². The molecule has 4 N–H and O–H groups in total. The Bertz CT molecular complexity index is 573. The lowest BCUT2D eigenvalue weighted by Gasteiger charge is -2.13. The van der Waals surface area contributed by atoms with Crippen molar-refractivity contribution in [1.82, 2.24) is 0 Å². The summed E-state index contributed by atoms with van der Waals surface area (Å²) < 4.78 is 21.9. The predicted octanol–water partition coefficient (Wildman–Crippen LogP) is -0.570. The molecule has 1 saturated heterocycles. The summed E-state index contributed by atoms with van der Waals surface area (Å²) >= 11 is 0. The molecule has 10 heteroatoms. The lowest BCUT2D eigenvalue weighted by atomic mass is 10.2. The van der Waals surface area contributed by atoms with Crippen LogP contribution < -0.4 is 4.57 Å². The van der Waals surface area contributed by atoms with Crippen LogP contribution in [-0.4, -0.2) is 44.8 Å². The first-order chi connectivity index (χ1) is 9.76. The van der Waals surface area contributed by atoms with Crippen molar-refractivity contribution in [3.63, 3.8) is 0 Å². The molecule has 116 valence electrons. The first-order valence-electron chi connectivity index (χ1n) is 6.04. The zero-order chi connectivity index (χ0) is 15.6. The van der Waals surface area contributed by atoms with Crippen LogP contribution in [0.25, 0.3) is 0 Å². The van der Waals surface area contributed by atoms with E-state index in [1.807, 2.05) is 0 Å². The molecular weight excluding hydrogens is 305 g/mol. The summed E-state index contributed by atoms with van der Waals surface area (Å²) in [6, 6.07) is 2.94. The van der Waals surface area contributed by atoms with Crippen LogP contribution in [-0.2, 0) is 13.8 Å². The Morgan fingerprint density at radius 1 is 1.52 bits per heavy atom. The normalized spacial score (nSPS) is 26.0. The van der Waals surface area contributed by atoms with E-state index in [0.717, 1.165) is 0 Å². The Morgan fingerprint density at radius 3 is 2.86 bits per heavy atom. The number of aromatic nitrogens is 1. The second-order valence-corrected chi connectivity index (χ2v) is 5.80. The molecule has 9 nitrogen and oxygen atoms in total. The number of ether oxygens (including phenoxy) is 1. The number of phosphoric acid groups is 1. The average Bonchev–Trinajstić information content (AvgIpc) is 2.77. The Morgan fingerprint density at radius 2 is 2.24 bits per heavy atom. The quantitative estimate of drug-likeness (QED) is 0.418. The fraction of sp³-hybridized carbons (Fsp3) is 0.455. The van der Waals surface area contributed by atoms with E-state index in [4.69, 9.17) is 19.6 Å². The van der Waals surface area contributed by atoms with Gasteiger partial charge in [0.1, 0.15) is 11.7 Å². The van der Waals surface area contributed by atoms with Gasteiger partial charge in [-0.3, -0.25) is 4.52 Å². The number of aromatic carboxylic acids is 1. The van der Waals surface area contributed by atoms with Crippen molar-refractivity contribution in [2.45, 2.75) is 24.9 Å². The minimum Gasteiger partial charge on any atom is -0.477 e. The first-order valence-corrected chi connectivity index (χ1v) is 7.57. The second kappa shape index (κ2) is 6.18. The molecule has 0 saturated carbocycles. The van der Waals surface area contributed by atoms with E-state index in [2.05, 4.69) is 4.52 Å². The largest absolute Gasteiger partial charge is 0.477 e. The van der Waals surface area contributed by atoms with Gasteiger partial charge >= 0.3 is 13.8 Å². The number of aliphatic hydroxyl groups excluding tert-OH is 1. The zero-order valence-corrected chi connectivity index (χ0v) is 11.7. The van der Waals surface area contributed by atoms with Crippen LogP contribution in [0.3, 0.4) is 0 Å². The van der Waals surface area contributed by atoms with Crippen LogP contribution in [0.1, 0.15) is 23.0 Å². The molecule has 1 aromatic rings. The van der Waals surface area contributed by atoms with Gasteiger partial charge in [-0.25, -0.2) is 9.36 Å². The Kier molecular flexibility index (Phi) is 4.72. The third-order valence-electron chi connectivity index (χ3n) is 3.01. The van der Waals surface area contributed by atoms with Gasteiger partial charge < -0.3 is 24.7 Å². The van der Waals surface area contributed by atoms with E-state index in [1.54, 1.807) is 6.20 Å². The summed E-state index contributed by atoms with van der Waals surface area (Å²) in [7, 11) is -4.63. The summed E-state index contributed by atoms with van der Waals surface area (Å²) in [4.78, 5) is 28.2. The van der Waals surface area contributed by atoms with E-state index in [9.17, 15) is 14.5 Å². The first kappa shape index (κ1) is 16.0. The highest BCUT2D eigenvalue weighted by atomic mass is 31.2. The van der Waals surface area contributed by atoms with Crippen LogP contribution in [0, 0.1) is 0 Å². The molecule has 0 bridgehead atoms. The Balaban J connectivity index is 2.05. The van der Waals surface area contributed by atoms with Gasteiger partial charge in [-0.1, -0.05) is 0 Å². The molecule has 0 radical (unpaired) electrons. The van der Waals surface area contributed by atoms with Crippen molar-refractivity contribution in [3.05, 3.63) is 30.1 Å². The smallest absolute Gasteiger partial charge is 0.469 e. The van der Waals surface area contributed by atoms with Crippen molar-refractivity contribution in [3.8, 4) is 0 Å². The van der Waals surface area contributed by atoms with Gasteiger partial charge in [0.2, 0.25) is 0 Å². The standard InChI is InChI=1S/C11H14NO8P/c13-8-4-10(20-9(8)6-19-21(16,17)18)12-3-1-2-7(5-12)11(14)15/h1-3,5,8-10,13H,4,6H2,(H2-,14,15,16,17,18)/p+1/t8-,9-,10-/m1/s1. The predicted molar refractivity (Wildman–Crippen MR) is 66.1 cm³/mol. The third kappa shape index (κ3) is 4.31. The molecule has 0 aromatic carbocycles. The minimum absolute atomic E-state index is 0.0607. The van der Waals surface area contributed by atoms with E-state index < -0.39 is 38.8 Å². The topological polar surface area (TPSA) is 137 Å². The number of pyridine rings is 1. The molecule has 0 unspecified atom stereocenters. The number of carbonyl (C=O) groups is 1. The van der Waals surface area contributed by atoms with E-state index in [-0.39, 0.29) is 12.0 Å². The van der Waals surface area contributed by atoms with Crippen molar-refractivity contribution in [2.24, 2.45) is 0 Å². The molecule has 2 heterocycles. The average molecular weight is 320 g/mol. The SMILES string of the molecule is O=C(O)c1ccc[n+]([C@H]2C[C@@H](O)[C@@H](COP(=O)(O)O)O2)c1. The van der Waals surface area contributed by atoms with Crippen molar-refractivity contribution in [1.29, 1.82) is 0 Å². The van der Waals surface area contributed by atoms with E-state index in [1.165, 1.54) is 22.9 Å². The molecule has 1 aliphatic rings. The second-order valence-electron chi connectivity index (χ2n) is 4.56. The highest BCUT2D eigenvalue weighted by Gasteiger charge is 2.40. The molecular formula is C11H15NO8P+. The number of nitrogens with zero attached hydrogens (tertiary/aromatic N) is 1. The molecule has 1 aromatic heterocycles. The highest BCUT2D eigenvalue weighted by molar-refractivity contribution is 7.46. The molecule has 0 spiro atoms.